The number of benzene rings is 3. The van der Waals surface area contributed by atoms with Crippen molar-refractivity contribution in [1.82, 2.24) is 14.8 Å². The Bertz CT molecular complexity index is 1280. The lowest BCUT2D eigenvalue weighted by atomic mass is 10.1. The number of aromatic nitrogens is 3. The van der Waals surface area contributed by atoms with E-state index in [4.69, 9.17) is 11.6 Å². The molecule has 7 heteroatoms. The molecule has 0 saturated carbocycles. The Kier molecular flexibility index (Phi) is 5.57. The molecule has 4 rings (SSSR count). The van der Waals surface area contributed by atoms with Gasteiger partial charge < -0.3 is 5.32 Å². The summed E-state index contributed by atoms with van der Waals surface area (Å²) in [5.74, 6) is -0.366. The van der Waals surface area contributed by atoms with Gasteiger partial charge in [-0.1, -0.05) is 29.8 Å². The quantitative estimate of drug-likeness (QED) is 0.434. The molecule has 1 N–H and O–H groups in total. The predicted octanol–water partition coefficient (Wildman–Crippen LogP) is 5.90. The molecule has 0 aliphatic carbocycles. The van der Waals surface area contributed by atoms with Crippen LogP contribution in [-0.4, -0.2) is 20.7 Å². The highest BCUT2D eigenvalue weighted by molar-refractivity contribution is 6.31. The third kappa shape index (κ3) is 4.20. The minimum absolute atomic E-state index is 0.000364. The minimum Gasteiger partial charge on any atom is -0.319 e. The highest BCUT2D eigenvalue weighted by Crippen LogP contribution is 2.26. The zero-order chi connectivity index (χ0) is 22.1. The average molecular weight is 435 g/mol. The molecule has 1 amide bonds. The zero-order valence-corrected chi connectivity index (χ0v) is 18.0. The summed E-state index contributed by atoms with van der Waals surface area (Å²) in [5, 5.41) is 7.87. The Balaban J connectivity index is 1.81. The lowest BCUT2D eigenvalue weighted by Crippen LogP contribution is -2.15. The molecule has 1 heterocycles. The van der Waals surface area contributed by atoms with Gasteiger partial charge in [-0.15, -0.1) is 5.10 Å². The second kappa shape index (κ2) is 8.32. The molecular formula is C24H20ClFN4O. The van der Waals surface area contributed by atoms with Crippen LogP contribution in [0.25, 0.3) is 17.1 Å². The van der Waals surface area contributed by atoms with E-state index in [2.05, 4.69) is 15.4 Å². The maximum Gasteiger partial charge on any atom is 0.295 e. The number of nitrogens with zero attached hydrogens (tertiary/aromatic N) is 3. The van der Waals surface area contributed by atoms with Crippen LogP contribution in [0.4, 0.5) is 10.1 Å². The number of hydrogen-bond donors (Lipinski definition) is 1. The molecule has 0 aliphatic heterocycles. The van der Waals surface area contributed by atoms with E-state index in [-0.39, 0.29) is 11.6 Å². The summed E-state index contributed by atoms with van der Waals surface area (Å²) >= 11 is 6.16. The molecular weight excluding hydrogens is 415 g/mol. The number of carbonyl (C=O) groups is 1. The number of anilines is 1. The van der Waals surface area contributed by atoms with E-state index in [1.165, 1.54) is 12.1 Å². The largest absolute Gasteiger partial charge is 0.319 e. The van der Waals surface area contributed by atoms with Gasteiger partial charge in [-0.25, -0.2) is 14.1 Å². The van der Waals surface area contributed by atoms with E-state index >= 15 is 0 Å². The van der Waals surface area contributed by atoms with Gasteiger partial charge in [0, 0.05) is 16.3 Å². The van der Waals surface area contributed by atoms with Gasteiger partial charge in [0.25, 0.3) is 5.91 Å². The zero-order valence-electron chi connectivity index (χ0n) is 17.3. The van der Waals surface area contributed by atoms with E-state index in [1.54, 1.807) is 35.0 Å². The van der Waals surface area contributed by atoms with E-state index in [0.717, 1.165) is 22.4 Å². The molecule has 0 unspecified atom stereocenters. The molecule has 156 valence electrons. The summed E-state index contributed by atoms with van der Waals surface area (Å²) in [7, 11) is 0. The molecule has 3 aromatic carbocycles. The number of carbonyl (C=O) groups excluding carboxylic acids is 1. The van der Waals surface area contributed by atoms with Crippen molar-refractivity contribution in [1.29, 1.82) is 0 Å². The topological polar surface area (TPSA) is 59.8 Å². The fourth-order valence-corrected chi connectivity index (χ4v) is 3.41. The summed E-state index contributed by atoms with van der Waals surface area (Å²) in [6.45, 7) is 5.76. The smallest absolute Gasteiger partial charge is 0.295 e. The first-order valence-electron chi connectivity index (χ1n) is 9.70. The molecule has 1 aromatic heterocycles. The summed E-state index contributed by atoms with van der Waals surface area (Å²) in [4.78, 5) is 17.4. The van der Waals surface area contributed by atoms with Crippen molar-refractivity contribution in [3.63, 3.8) is 0 Å². The maximum atomic E-state index is 13.5. The van der Waals surface area contributed by atoms with Crippen LogP contribution in [0.15, 0.2) is 60.7 Å². The highest BCUT2D eigenvalue weighted by atomic mass is 35.5. The second-order valence-corrected chi connectivity index (χ2v) is 7.74. The van der Waals surface area contributed by atoms with Crippen LogP contribution in [0, 0.1) is 26.6 Å². The van der Waals surface area contributed by atoms with Gasteiger partial charge in [0.05, 0.1) is 5.69 Å². The molecule has 0 fully saturated rings. The van der Waals surface area contributed by atoms with Gasteiger partial charge in [0.1, 0.15) is 5.82 Å². The molecule has 4 aromatic rings. The van der Waals surface area contributed by atoms with E-state index in [0.29, 0.717) is 22.1 Å². The molecule has 0 atom stereocenters. The van der Waals surface area contributed by atoms with Crippen LogP contribution < -0.4 is 5.32 Å². The van der Waals surface area contributed by atoms with Crippen LogP contribution >= 0.6 is 11.6 Å². The van der Waals surface area contributed by atoms with Crippen LogP contribution in [0.5, 0.6) is 0 Å². The fourth-order valence-electron chi connectivity index (χ4n) is 3.23. The molecule has 0 radical (unpaired) electrons. The van der Waals surface area contributed by atoms with Crippen molar-refractivity contribution in [3.8, 4) is 17.1 Å². The first-order valence-corrected chi connectivity index (χ1v) is 10.1. The SMILES string of the molecule is Cc1ccc(C)c(-n2nc(C(=O)Nc3cccc(Cl)c3C)nc2-c2ccc(F)cc2)c1. The Morgan fingerprint density at radius 2 is 1.77 bits per heavy atom. The van der Waals surface area contributed by atoms with Crippen LogP contribution in [0.2, 0.25) is 5.02 Å². The van der Waals surface area contributed by atoms with Gasteiger partial charge in [-0.05, 0) is 79.9 Å². The lowest BCUT2D eigenvalue weighted by molar-refractivity contribution is 0.101. The lowest BCUT2D eigenvalue weighted by Gasteiger charge is -2.10. The number of rotatable bonds is 4. The molecule has 0 spiro atoms. The standard InChI is InChI=1S/C24H20ClFN4O/c1-14-7-8-15(2)21(13-14)30-23(17-9-11-18(26)12-10-17)28-22(29-30)24(31)27-20-6-4-5-19(25)16(20)3/h4-13H,1-3H3,(H,27,31). The van der Waals surface area contributed by atoms with E-state index in [9.17, 15) is 9.18 Å². The van der Waals surface area contributed by atoms with E-state index in [1.807, 2.05) is 39.0 Å². The van der Waals surface area contributed by atoms with Crippen molar-refractivity contribution in [3.05, 3.63) is 94.0 Å². The normalized spacial score (nSPS) is 10.9. The van der Waals surface area contributed by atoms with Crippen LogP contribution in [0.1, 0.15) is 27.3 Å². The molecule has 0 bridgehead atoms. The van der Waals surface area contributed by atoms with Gasteiger partial charge in [-0.2, -0.15) is 0 Å². The predicted molar refractivity (Wildman–Crippen MR) is 120 cm³/mol. The Hall–Kier alpha value is -3.51. The van der Waals surface area contributed by atoms with Gasteiger partial charge in [0.15, 0.2) is 5.82 Å². The average Bonchev–Trinajstić information content (AvgIpc) is 3.19. The fraction of sp³-hybridized carbons (Fsp3) is 0.125. The van der Waals surface area contributed by atoms with Crippen molar-refractivity contribution in [2.45, 2.75) is 20.8 Å². The highest BCUT2D eigenvalue weighted by Gasteiger charge is 2.20. The molecule has 5 nitrogen and oxygen atoms in total. The van der Waals surface area contributed by atoms with Crippen molar-refractivity contribution >= 4 is 23.2 Å². The van der Waals surface area contributed by atoms with Crippen LogP contribution in [-0.2, 0) is 0 Å². The number of hydrogen-bond acceptors (Lipinski definition) is 3. The van der Waals surface area contributed by atoms with Gasteiger partial charge in [0.2, 0.25) is 5.82 Å². The summed E-state index contributed by atoms with van der Waals surface area (Å²) in [6.07, 6.45) is 0. The summed E-state index contributed by atoms with van der Waals surface area (Å²) in [6, 6.07) is 17.2. The number of nitrogens with one attached hydrogen (secondary N) is 1. The maximum absolute atomic E-state index is 13.5. The van der Waals surface area contributed by atoms with E-state index < -0.39 is 5.91 Å². The number of amides is 1. The first kappa shape index (κ1) is 20.8. The van der Waals surface area contributed by atoms with Crippen molar-refractivity contribution < 1.29 is 9.18 Å². The third-order valence-corrected chi connectivity index (χ3v) is 5.43. The van der Waals surface area contributed by atoms with Gasteiger partial charge >= 0.3 is 0 Å². The Morgan fingerprint density at radius 1 is 1.03 bits per heavy atom. The monoisotopic (exact) mass is 434 g/mol. The second-order valence-electron chi connectivity index (χ2n) is 7.33. The van der Waals surface area contributed by atoms with Crippen LogP contribution in [0.3, 0.4) is 0 Å². The Labute approximate surface area is 184 Å². The van der Waals surface area contributed by atoms with Crippen molar-refractivity contribution in [2.75, 3.05) is 5.32 Å². The summed E-state index contributed by atoms with van der Waals surface area (Å²) in [5.41, 5.74) is 4.80. The van der Waals surface area contributed by atoms with Crippen molar-refractivity contribution in [2.24, 2.45) is 0 Å². The summed E-state index contributed by atoms with van der Waals surface area (Å²) < 4.78 is 15.1. The Morgan fingerprint density at radius 3 is 2.52 bits per heavy atom. The molecule has 0 aliphatic rings. The molecule has 0 saturated heterocycles. The number of halogens is 2. The molecule has 31 heavy (non-hydrogen) atoms. The number of aryl methyl sites for hydroxylation is 2. The third-order valence-electron chi connectivity index (χ3n) is 5.02. The minimum atomic E-state index is -0.460. The van der Waals surface area contributed by atoms with Gasteiger partial charge in [-0.3, -0.25) is 4.79 Å². The first-order chi connectivity index (χ1) is 14.8.